The molecule has 1 N–H and O–H groups in total. The molecule has 2 nitrogen and oxygen atoms in total. The lowest BCUT2D eigenvalue weighted by Gasteiger charge is -2.17. The van der Waals surface area contributed by atoms with E-state index in [4.69, 9.17) is 11.6 Å². The van der Waals surface area contributed by atoms with Gasteiger partial charge in [0.05, 0.1) is 0 Å². The third kappa shape index (κ3) is 2.12. The zero-order valence-corrected chi connectivity index (χ0v) is 9.76. The molecule has 0 bridgehead atoms. The quantitative estimate of drug-likeness (QED) is 0.799. The fourth-order valence-corrected chi connectivity index (χ4v) is 2.25. The Bertz CT molecular complexity index is 424. The van der Waals surface area contributed by atoms with Crippen LogP contribution in [0.4, 0.5) is 0 Å². The zero-order valence-electron chi connectivity index (χ0n) is 9.00. The molecule has 1 aliphatic rings. The molecule has 2 rings (SSSR count). The Hall–Kier alpha value is -1.28. The number of nitrogens with one attached hydrogen (secondary N) is 1. The molecule has 0 aliphatic heterocycles. The predicted octanol–water partition coefficient (Wildman–Crippen LogP) is 2.67. The van der Waals surface area contributed by atoms with E-state index in [-0.39, 0.29) is 11.3 Å². The Balaban J connectivity index is 2.11. The van der Waals surface area contributed by atoms with Crippen molar-refractivity contribution in [2.24, 2.45) is 0 Å². The van der Waals surface area contributed by atoms with Crippen LogP contribution in [-0.2, 0) is 10.2 Å². The van der Waals surface area contributed by atoms with Crippen molar-refractivity contribution in [3.63, 3.8) is 0 Å². The summed E-state index contributed by atoms with van der Waals surface area (Å²) < 4.78 is 0. The largest absolute Gasteiger partial charge is 0.352 e. The van der Waals surface area contributed by atoms with Gasteiger partial charge in [-0.15, -0.1) is 0 Å². The molecule has 0 heterocycles. The van der Waals surface area contributed by atoms with Gasteiger partial charge >= 0.3 is 0 Å². The van der Waals surface area contributed by atoms with E-state index in [1.807, 2.05) is 24.3 Å². The fourth-order valence-electron chi connectivity index (χ4n) is 1.91. The highest BCUT2D eigenvalue weighted by molar-refractivity contribution is 6.31. The second-order valence-corrected chi connectivity index (χ2v) is 4.59. The monoisotopic (exact) mass is 235 g/mol. The highest BCUT2D eigenvalue weighted by Gasteiger charge is 2.45. The average Bonchev–Trinajstić information content (AvgIpc) is 3.07. The molecule has 1 aliphatic carbocycles. The molecule has 1 saturated carbocycles. The minimum absolute atomic E-state index is 0.0526. The van der Waals surface area contributed by atoms with Crippen LogP contribution in [0.25, 0.3) is 0 Å². The van der Waals surface area contributed by atoms with Gasteiger partial charge in [-0.25, -0.2) is 0 Å². The van der Waals surface area contributed by atoms with Crippen LogP contribution in [0.1, 0.15) is 18.4 Å². The number of hydrogen-bond donors (Lipinski definition) is 1. The maximum Gasteiger partial charge on any atom is 0.243 e. The predicted molar refractivity (Wildman–Crippen MR) is 65.6 cm³/mol. The lowest BCUT2D eigenvalue weighted by atomic mass is 9.96. The number of halogens is 1. The summed E-state index contributed by atoms with van der Waals surface area (Å²) in [5, 5.41) is 3.63. The summed E-state index contributed by atoms with van der Waals surface area (Å²) in [6.45, 7) is 4.07. The van der Waals surface area contributed by atoms with Crippen molar-refractivity contribution in [3.05, 3.63) is 47.5 Å². The fraction of sp³-hybridized carbons (Fsp3) is 0.308. The van der Waals surface area contributed by atoms with E-state index < -0.39 is 0 Å². The molecule has 0 atom stereocenters. The second-order valence-electron chi connectivity index (χ2n) is 4.18. The number of amides is 1. The van der Waals surface area contributed by atoms with Gasteiger partial charge in [0.15, 0.2) is 0 Å². The van der Waals surface area contributed by atoms with Crippen molar-refractivity contribution in [1.29, 1.82) is 0 Å². The van der Waals surface area contributed by atoms with Crippen molar-refractivity contribution in [1.82, 2.24) is 5.32 Å². The van der Waals surface area contributed by atoms with Crippen LogP contribution >= 0.6 is 11.6 Å². The minimum Gasteiger partial charge on any atom is -0.352 e. The van der Waals surface area contributed by atoms with Gasteiger partial charge in [-0.3, -0.25) is 4.79 Å². The molecule has 1 fully saturated rings. The van der Waals surface area contributed by atoms with Crippen LogP contribution in [0.5, 0.6) is 0 Å². The Labute approximate surface area is 100 Å². The number of hydrogen-bond acceptors (Lipinski definition) is 1. The zero-order chi connectivity index (χ0) is 11.6. The van der Waals surface area contributed by atoms with E-state index in [1.165, 1.54) is 6.08 Å². The summed E-state index contributed by atoms with van der Waals surface area (Å²) in [6, 6.07) is 7.84. The maximum absolute atomic E-state index is 11.1. The highest BCUT2D eigenvalue weighted by atomic mass is 35.5. The smallest absolute Gasteiger partial charge is 0.243 e. The standard InChI is InChI=1S/C13H14ClNO/c1-2-12(16)15-9-13(7-8-13)10-5-3-4-6-11(10)14/h2-6H,1,7-9H2,(H,15,16). The lowest BCUT2D eigenvalue weighted by molar-refractivity contribution is -0.116. The Kier molecular flexibility index (Phi) is 3.01. The number of carbonyl (C=O) groups is 1. The Morgan fingerprint density at radius 1 is 1.50 bits per heavy atom. The van der Waals surface area contributed by atoms with E-state index in [0.717, 1.165) is 23.4 Å². The maximum atomic E-state index is 11.1. The SMILES string of the molecule is C=CC(=O)NCC1(c2ccccc2Cl)CC1. The third-order valence-corrected chi connectivity index (χ3v) is 3.41. The number of rotatable bonds is 4. The molecule has 84 valence electrons. The molecule has 16 heavy (non-hydrogen) atoms. The van der Waals surface area contributed by atoms with E-state index in [0.29, 0.717) is 6.54 Å². The molecule has 1 amide bonds. The highest BCUT2D eigenvalue weighted by Crippen LogP contribution is 2.49. The molecule has 0 saturated heterocycles. The van der Waals surface area contributed by atoms with Gasteiger partial charge in [0, 0.05) is 17.0 Å². The summed E-state index contributed by atoms with van der Waals surface area (Å²) in [5.41, 5.74) is 1.19. The summed E-state index contributed by atoms with van der Waals surface area (Å²) in [6.07, 6.45) is 3.45. The molecule has 1 aromatic rings. The normalized spacial score (nSPS) is 16.6. The molecular weight excluding hydrogens is 222 g/mol. The van der Waals surface area contributed by atoms with Crippen LogP contribution in [-0.4, -0.2) is 12.5 Å². The Morgan fingerprint density at radius 3 is 2.75 bits per heavy atom. The van der Waals surface area contributed by atoms with Gasteiger partial charge in [-0.05, 0) is 30.5 Å². The Morgan fingerprint density at radius 2 is 2.19 bits per heavy atom. The van der Waals surface area contributed by atoms with Crippen molar-refractivity contribution in [2.75, 3.05) is 6.54 Å². The summed E-state index contributed by atoms with van der Waals surface area (Å²) >= 11 is 6.17. The van der Waals surface area contributed by atoms with Gasteiger partial charge in [-0.2, -0.15) is 0 Å². The van der Waals surface area contributed by atoms with Crippen LogP contribution in [0, 0.1) is 0 Å². The van der Waals surface area contributed by atoms with E-state index >= 15 is 0 Å². The van der Waals surface area contributed by atoms with Crippen LogP contribution < -0.4 is 5.32 Å². The van der Waals surface area contributed by atoms with Gasteiger partial charge in [-0.1, -0.05) is 36.4 Å². The van der Waals surface area contributed by atoms with Crippen molar-refractivity contribution < 1.29 is 4.79 Å². The molecule has 0 aromatic heterocycles. The number of benzene rings is 1. The van der Waals surface area contributed by atoms with E-state index in [9.17, 15) is 4.79 Å². The first-order valence-corrected chi connectivity index (χ1v) is 5.71. The topological polar surface area (TPSA) is 29.1 Å². The van der Waals surface area contributed by atoms with Gasteiger partial charge < -0.3 is 5.32 Å². The molecule has 3 heteroatoms. The molecule has 0 spiro atoms. The van der Waals surface area contributed by atoms with Crippen molar-refractivity contribution in [2.45, 2.75) is 18.3 Å². The molecule has 0 radical (unpaired) electrons. The van der Waals surface area contributed by atoms with Gasteiger partial charge in [0.1, 0.15) is 0 Å². The van der Waals surface area contributed by atoms with Crippen LogP contribution in [0.2, 0.25) is 5.02 Å². The van der Waals surface area contributed by atoms with E-state index in [1.54, 1.807) is 0 Å². The third-order valence-electron chi connectivity index (χ3n) is 3.09. The molecular formula is C13H14ClNO. The van der Waals surface area contributed by atoms with Gasteiger partial charge in [0.25, 0.3) is 0 Å². The summed E-state index contributed by atoms with van der Waals surface area (Å²) in [5.74, 6) is -0.127. The average molecular weight is 236 g/mol. The number of carbonyl (C=O) groups excluding carboxylic acids is 1. The molecule has 1 aromatic carbocycles. The van der Waals surface area contributed by atoms with Crippen LogP contribution in [0.15, 0.2) is 36.9 Å². The van der Waals surface area contributed by atoms with Gasteiger partial charge in [0.2, 0.25) is 5.91 Å². The first kappa shape index (κ1) is 11.2. The summed E-state index contributed by atoms with van der Waals surface area (Å²) in [7, 11) is 0. The summed E-state index contributed by atoms with van der Waals surface area (Å²) in [4.78, 5) is 11.1. The first-order chi connectivity index (χ1) is 7.68. The van der Waals surface area contributed by atoms with Crippen LogP contribution in [0.3, 0.4) is 0 Å². The van der Waals surface area contributed by atoms with Crippen molar-refractivity contribution >= 4 is 17.5 Å². The minimum atomic E-state index is -0.127. The molecule has 0 unspecified atom stereocenters. The van der Waals surface area contributed by atoms with Crippen molar-refractivity contribution in [3.8, 4) is 0 Å². The lowest BCUT2D eigenvalue weighted by Crippen LogP contribution is -2.31. The first-order valence-electron chi connectivity index (χ1n) is 5.33. The van der Waals surface area contributed by atoms with E-state index in [2.05, 4.69) is 11.9 Å². The second kappa shape index (κ2) is 4.30.